The first-order valence-corrected chi connectivity index (χ1v) is 10.6. The van der Waals surface area contributed by atoms with Crippen LogP contribution in [0.5, 0.6) is 5.75 Å². The molecule has 1 N–H and O–H groups in total. The number of aliphatic carboxylic acids is 1. The van der Waals surface area contributed by atoms with Crippen molar-refractivity contribution < 1.29 is 19.0 Å². The lowest BCUT2D eigenvalue weighted by Crippen LogP contribution is -2.35. The Bertz CT molecular complexity index is 1030. The summed E-state index contributed by atoms with van der Waals surface area (Å²) in [6.07, 6.45) is 1.50. The van der Waals surface area contributed by atoms with Gasteiger partial charge in [-0.3, -0.25) is 4.79 Å². The third kappa shape index (κ3) is 4.62. The molecular weight excluding hydrogens is 415 g/mol. The predicted octanol–water partition coefficient (Wildman–Crippen LogP) is 5.01. The molecule has 2 heterocycles. The second kappa shape index (κ2) is 8.55. The molecule has 0 saturated carbocycles. The van der Waals surface area contributed by atoms with Crippen molar-refractivity contribution >= 4 is 44.3 Å². The van der Waals surface area contributed by atoms with Crippen LogP contribution in [0.25, 0.3) is 10.2 Å². The Kier molecular flexibility index (Phi) is 5.87. The summed E-state index contributed by atoms with van der Waals surface area (Å²) in [7, 11) is 0. The smallest absolute Gasteiger partial charge is 0.307 e. The summed E-state index contributed by atoms with van der Waals surface area (Å²) in [4.78, 5) is 17.8. The number of fused-ring (bicyclic) bond motifs is 1. The van der Waals surface area contributed by atoms with Crippen molar-refractivity contribution in [3.8, 4) is 5.75 Å². The highest BCUT2D eigenvalue weighted by Gasteiger charge is 2.23. The average Bonchev–Trinajstić information content (AvgIpc) is 3.12. The number of carboxylic acids is 1. The third-order valence-electron chi connectivity index (χ3n) is 5.08. The first kappa shape index (κ1) is 19.9. The van der Waals surface area contributed by atoms with Crippen molar-refractivity contribution in [2.45, 2.75) is 19.3 Å². The zero-order valence-corrected chi connectivity index (χ0v) is 17.2. The first-order chi connectivity index (χ1) is 14.0. The highest BCUT2D eigenvalue weighted by Crippen LogP contribution is 2.33. The van der Waals surface area contributed by atoms with Crippen LogP contribution in [0.2, 0.25) is 5.02 Å². The maximum atomic E-state index is 14.4. The van der Waals surface area contributed by atoms with Crippen LogP contribution in [-0.2, 0) is 11.2 Å². The molecule has 0 atom stereocenters. The molecule has 0 aliphatic carbocycles. The van der Waals surface area contributed by atoms with Crippen LogP contribution < -0.4 is 9.64 Å². The average molecular weight is 435 g/mol. The molecule has 0 radical (unpaired) electrons. The summed E-state index contributed by atoms with van der Waals surface area (Å²) in [6, 6.07) is 10.4. The van der Waals surface area contributed by atoms with Crippen LogP contribution >= 0.6 is 22.9 Å². The summed E-state index contributed by atoms with van der Waals surface area (Å²) < 4.78 is 21.2. The van der Waals surface area contributed by atoms with E-state index < -0.39 is 11.8 Å². The number of rotatable bonds is 6. The first-order valence-electron chi connectivity index (χ1n) is 9.42. The zero-order valence-electron chi connectivity index (χ0n) is 15.6. The van der Waals surface area contributed by atoms with Crippen LogP contribution in [0.4, 0.5) is 9.52 Å². The van der Waals surface area contributed by atoms with Gasteiger partial charge in [-0.15, -0.1) is 0 Å². The largest absolute Gasteiger partial charge is 0.490 e. The molecule has 0 unspecified atom stereocenters. The standard InChI is InChI=1S/C21H20ClFN2O3S/c22-15-4-5-16-18(11-15)29-21(24-16)25-8-6-13(7-9-25)12-28-17-3-1-2-14(20(17)23)10-19(26)27/h1-5,11,13H,6-10,12H2,(H,26,27). The topological polar surface area (TPSA) is 62.7 Å². The molecule has 0 amide bonds. The monoisotopic (exact) mass is 434 g/mol. The normalized spacial score (nSPS) is 15.0. The van der Waals surface area contributed by atoms with E-state index in [0.717, 1.165) is 41.3 Å². The molecule has 8 heteroatoms. The van der Waals surface area contributed by atoms with Gasteiger partial charge in [-0.1, -0.05) is 35.1 Å². The number of ether oxygens (including phenoxy) is 1. The maximum absolute atomic E-state index is 14.4. The van der Waals surface area contributed by atoms with Crippen molar-refractivity contribution in [3.05, 3.63) is 52.8 Å². The highest BCUT2D eigenvalue weighted by atomic mass is 35.5. The lowest BCUT2D eigenvalue weighted by atomic mass is 9.98. The minimum Gasteiger partial charge on any atom is -0.490 e. The summed E-state index contributed by atoms with van der Waals surface area (Å²) in [5.41, 5.74) is 1.09. The highest BCUT2D eigenvalue weighted by molar-refractivity contribution is 7.22. The lowest BCUT2D eigenvalue weighted by molar-refractivity contribution is -0.136. The Hall–Kier alpha value is -2.38. The van der Waals surface area contributed by atoms with E-state index in [0.29, 0.717) is 17.5 Å². The molecule has 5 nitrogen and oxygen atoms in total. The number of benzene rings is 2. The molecule has 3 aromatic rings. The van der Waals surface area contributed by atoms with Gasteiger partial charge in [-0.25, -0.2) is 9.37 Å². The van der Waals surface area contributed by atoms with Gasteiger partial charge < -0.3 is 14.7 Å². The van der Waals surface area contributed by atoms with Gasteiger partial charge in [0.15, 0.2) is 16.7 Å². The number of halogens is 2. The molecule has 1 saturated heterocycles. The van der Waals surface area contributed by atoms with E-state index in [2.05, 4.69) is 4.90 Å². The number of aromatic nitrogens is 1. The third-order valence-corrected chi connectivity index (χ3v) is 6.40. The summed E-state index contributed by atoms with van der Waals surface area (Å²) in [5, 5.41) is 10.6. The van der Waals surface area contributed by atoms with E-state index in [1.165, 1.54) is 6.07 Å². The lowest BCUT2D eigenvalue weighted by Gasteiger charge is -2.31. The number of carboxylic acid groups (broad SMARTS) is 1. The quantitative estimate of drug-likeness (QED) is 0.590. The Labute approximate surface area is 176 Å². The molecule has 1 aliphatic heterocycles. The van der Waals surface area contributed by atoms with Gasteiger partial charge in [-0.05, 0) is 43.0 Å². The van der Waals surface area contributed by atoms with E-state index in [-0.39, 0.29) is 17.7 Å². The Morgan fingerprint density at radius 3 is 2.86 bits per heavy atom. The molecule has 0 bridgehead atoms. The van der Waals surface area contributed by atoms with Crippen molar-refractivity contribution in [3.63, 3.8) is 0 Å². The van der Waals surface area contributed by atoms with E-state index >= 15 is 0 Å². The van der Waals surface area contributed by atoms with Crippen molar-refractivity contribution in [1.82, 2.24) is 4.98 Å². The van der Waals surface area contributed by atoms with Crippen molar-refractivity contribution in [1.29, 1.82) is 0 Å². The molecule has 0 spiro atoms. The minimum atomic E-state index is -1.06. The van der Waals surface area contributed by atoms with Crippen LogP contribution in [0.3, 0.4) is 0 Å². The van der Waals surface area contributed by atoms with Gasteiger partial charge >= 0.3 is 5.97 Å². The number of nitrogens with zero attached hydrogens (tertiary/aromatic N) is 2. The van der Waals surface area contributed by atoms with Crippen LogP contribution in [-0.4, -0.2) is 35.8 Å². The Balaban J connectivity index is 1.34. The fraction of sp³-hybridized carbons (Fsp3) is 0.333. The van der Waals surface area contributed by atoms with Gasteiger partial charge in [-0.2, -0.15) is 0 Å². The van der Waals surface area contributed by atoms with E-state index in [1.54, 1.807) is 23.5 Å². The van der Waals surface area contributed by atoms with Crippen LogP contribution in [0.1, 0.15) is 18.4 Å². The van der Waals surface area contributed by atoms with Crippen molar-refractivity contribution in [2.24, 2.45) is 5.92 Å². The van der Waals surface area contributed by atoms with E-state index in [4.69, 9.17) is 26.4 Å². The maximum Gasteiger partial charge on any atom is 0.307 e. The molecule has 152 valence electrons. The van der Waals surface area contributed by atoms with Gasteiger partial charge in [0.1, 0.15) is 0 Å². The number of hydrogen-bond donors (Lipinski definition) is 1. The SMILES string of the molecule is O=C(O)Cc1cccc(OCC2CCN(c3nc4ccc(Cl)cc4s3)CC2)c1F. The van der Waals surface area contributed by atoms with Crippen LogP contribution in [0.15, 0.2) is 36.4 Å². The molecule has 4 rings (SSSR count). The Morgan fingerprint density at radius 1 is 1.31 bits per heavy atom. The molecule has 1 aromatic heterocycles. The van der Waals surface area contributed by atoms with Gasteiger partial charge in [0.25, 0.3) is 0 Å². The summed E-state index contributed by atoms with van der Waals surface area (Å²) in [5.74, 6) is -1.21. The Morgan fingerprint density at radius 2 is 2.10 bits per heavy atom. The minimum absolute atomic E-state index is 0.120. The second-order valence-corrected chi connectivity index (χ2v) is 8.60. The molecule has 1 fully saturated rings. The van der Waals surface area contributed by atoms with Gasteiger partial charge in [0.05, 0.1) is 23.2 Å². The number of piperidine rings is 1. The predicted molar refractivity (Wildman–Crippen MR) is 113 cm³/mol. The fourth-order valence-corrected chi connectivity index (χ4v) is 4.78. The number of thiazole rings is 1. The van der Waals surface area contributed by atoms with Gasteiger partial charge in [0, 0.05) is 23.7 Å². The second-order valence-electron chi connectivity index (χ2n) is 7.15. The summed E-state index contributed by atoms with van der Waals surface area (Å²) in [6.45, 7) is 2.14. The van der Waals surface area contributed by atoms with E-state index in [1.807, 2.05) is 18.2 Å². The van der Waals surface area contributed by atoms with Crippen molar-refractivity contribution in [2.75, 3.05) is 24.6 Å². The summed E-state index contributed by atoms with van der Waals surface area (Å²) >= 11 is 7.70. The molecular formula is C21H20ClFN2O3S. The zero-order chi connectivity index (χ0) is 20.4. The van der Waals surface area contributed by atoms with Crippen LogP contribution in [0, 0.1) is 11.7 Å². The van der Waals surface area contributed by atoms with E-state index in [9.17, 15) is 9.18 Å². The number of anilines is 1. The molecule has 2 aromatic carbocycles. The fourth-order valence-electron chi connectivity index (χ4n) is 3.49. The van der Waals surface area contributed by atoms with Gasteiger partial charge in [0.2, 0.25) is 0 Å². The molecule has 1 aliphatic rings. The number of hydrogen-bond acceptors (Lipinski definition) is 5. The molecule has 29 heavy (non-hydrogen) atoms. The number of carbonyl (C=O) groups is 1.